The minimum Gasteiger partial charge on any atom is -0.484 e. The molecule has 1 N–H and O–H groups in total. The van der Waals surface area contributed by atoms with Crippen LogP contribution in [0.15, 0.2) is 24.3 Å². The molecular weight excluding hydrogens is 265 g/mol. The lowest BCUT2D eigenvalue weighted by Crippen LogP contribution is -2.54. The fourth-order valence-corrected chi connectivity index (χ4v) is 2.00. The van der Waals surface area contributed by atoms with E-state index in [2.05, 4.69) is 0 Å². The maximum Gasteiger partial charge on any atom is 0.306 e. The maximum atomic E-state index is 12.7. The Bertz CT molecular complexity index is 496. The molecule has 1 fully saturated rings. The van der Waals surface area contributed by atoms with E-state index in [-0.39, 0.29) is 24.2 Å². The number of carboxylic acid groups (broad SMARTS) is 1. The van der Waals surface area contributed by atoms with Gasteiger partial charge in [-0.2, -0.15) is 0 Å². The molecule has 1 amide bonds. The summed E-state index contributed by atoms with van der Waals surface area (Å²) in [4.78, 5) is 24.1. The SMILES string of the molecule is CC(C(=O)O)C1CN(C(=O)COc2ccc(F)cc2)C1. The summed E-state index contributed by atoms with van der Waals surface area (Å²) in [5, 5.41) is 8.86. The van der Waals surface area contributed by atoms with Crippen molar-refractivity contribution in [1.82, 2.24) is 4.90 Å². The fourth-order valence-electron chi connectivity index (χ4n) is 2.00. The second kappa shape index (κ2) is 5.90. The van der Waals surface area contributed by atoms with Gasteiger partial charge in [0.05, 0.1) is 5.92 Å². The third kappa shape index (κ3) is 3.26. The number of benzene rings is 1. The number of likely N-dealkylation sites (tertiary alicyclic amines) is 1. The van der Waals surface area contributed by atoms with Gasteiger partial charge in [0, 0.05) is 19.0 Å². The highest BCUT2D eigenvalue weighted by atomic mass is 19.1. The summed E-state index contributed by atoms with van der Waals surface area (Å²) in [5.41, 5.74) is 0. The molecule has 1 aromatic rings. The first kappa shape index (κ1) is 14.3. The molecule has 1 aliphatic heterocycles. The maximum absolute atomic E-state index is 12.7. The van der Waals surface area contributed by atoms with Gasteiger partial charge in [-0.05, 0) is 24.3 Å². The highest BCUT2D eigenvalue weighted by molar-refractivity contribution is 5.79. The zero-order valence-electron chi connectivity index (χ0n) is 11.1. The second-order valence-corrected chi connectivity index (χ2v) is 4.93. The number of carboxylic acids is 1. The van der Waals surface area contributed by atoms with E-state index in [9.17, 15) is 14.0 Å². The normalized spacial score (nSPS) is 16.4. The molecule has 20 heavy (non-hydrogen) atoms. The molecule has 0 bridgehead atoms. The number of amides is 1. The lowest BCUT2D eigenvalue weighted by Gasteiger charge is -2.41. The average Bonchev–Trinajstić information content (AvgIpc) is 2.36. The first-order chi connectivity index (χ1) is 9.47. The largest absolute Gasteiger partial charge is 0.484 e. The highest BCUT2D eigenvalue weighted by Crippen LogP contribution is 2.24. The molecule has 0 radical (unpaired) electrons. The van der Waals surface area contributed by atoms with Crippen LogP contribution in [0, 0.1) is 17.7 Å². The Morgan fingerprint density at radius 1 is 1.40 bits per heavy atom. The quantitative estimate of drug-likeness (QED) is 0.885. The highest BCUT2D eigenvalue weighted by Gasteiger charge is 2.37. The summed E-state index contributed by atoms with van der Waals surface area (Å²) < 4.78 is 17.9. The van der Waals surface area contributed by atoms with Gasteiger partial charge in [-0.1, -0.05) is 6.92 Å². The summed E-state index contributed by atoms with van der Waals surface area (Å²) in [6.07, 6.45) is 0. The fraction of sp³-hybridized carbons (Fsp3) is 0.429. The minimum absolute atomic E-state index is 0.00210. The molecule has 0 spiro atoms. The Morgan fingerprint density at radius 3 is 2.55 bits per heavy atom. The van der Waals surface area contributed by atoms with Crippen molar-refractivity contribution >= 4 is 11.9 Å². The summed E-state index contributed by atoms with van der Waals surface area (Å²) >= 11 is 0. The van der Waals surface area contributed by atoms with Gasteiger partial charge in [-0.25, -0.2) is 4.39 Å². The van der Waals surface area contributed by atoms with E-state index < -0.39 is 11.9 Å². The number of hydrogen-bond donors (Lipinski definition) is 1. The van der Waals surface area contributed by atoms with Crippen LogP contribution in [0.2, 0.25) is 0 Å². The van der Waals surface area contributed by atoms with E-state index in [4.69, 9.17) is 9.84 Å². The molecule has 0 aliphatic carbocycles. The van der Waals surface area contributed by atoms with Gasteiger partial charge >= 0.3 is 5.97 Å². The van der Waals surface area contributed by atoms with Crippen LogP contribution >= 0.6 is 0 Å². The van der Waals surface area contributed by atoms with Crippen molar-refractivity contribution in [2.75, 3.05) is 19.7 Å². The topological polar surface area (TPSA) is 66.8 Å². The molecule has 108 valence electrons. The lowest BCUT2D eigenvalue weighted by molar-refractivity contribution is -0.151. The molecule has 1 atom stereocenters. The van der Waals surface area contributed by atoms with Crippen LogP contribution in [0.25, 0.3) is 0 Å². The van der Waals surface area contributed by atoms with Crippen LogP contribution in [0.4, 0.5) is 4.39 Å². The van der Waals surface area contributed by atoms with Crippen molar-refractivity contribution in [1.29, 1.82) is 0 Å². The van der Waals surface area contributed by atoms with Gasteiger partial charge in [0.2, 0.25) is 0 Å². The third-order valence-corrected chi connectivity index (χ3v) is 3.54. The van der Waals surface area contributed by atoms with Crippen LogP contribution in [0.3, 0.4) is 0 Å². The van der Waals surface area contributed by atoms with Crippen molar-refractivity contribution in [3.63, 3.8) is 0 Å². The standard InChI is InChI=1S/C14H16FNO4/c1-9(14(18)19)10-6-16(7-10)13(17)8-20-12-4-2-11(15)3-5-12/h2-5,9-10H,6-8H2,1H3,(H,18,19). The van der Waals surface area contributed by atoms with Crippen LogP contribution in [0.1, 0.15) is 6.92 Å². The van der Waals surface area contributed by atoms with Crippen molar-refractivity contribution in [2.45, 2.75) is 6.92 Å². The van der Waals surface area contributed by atoms with Crippen LogP contribution in [-0.2, 0) is 9.59 Å². The van der Waals surface area contributed by atoms with E-state index in [1.807, 2.05) is 0 Å². The summed E-state index contributed by atoms with van der Waals surface area (Å²) in [7, 11) is 0. The average molecular weight is 281 g/mol. The van der Waals surface area contributed by atoms with Crippen LogP contribution in [0.5, 0.6) is 5.75 Å². The predicted molar refractivity (Wildman–Crippen MR) is 68.8 cm³/mol. The number of ether oxygens (including phenoxy) is 1. The van der Waals surface area contributed by atoms with Crippen molar-refractivity contribution in [3.8, 4) is 5.75 Å². The zero-order valence-corrected chi connectivity index (χ0v) is 11.1. The molecule has 0 saturated carbocycles. The second-order valence-electron chi connectivity index (χ2n) is 4.93. The van der Waals surface area contributed by atoms with E-state index >= 15 is 0 Å². The van der Waals surface area contributed by atoms with Crippen molar-refractivity contribution < 1.29 is 23.8 Å². The Hall–Kier alpha value is -2.11. The van der Waals surface area contributed by atoms with Gasteiger partial charge in [0.25, 0.3) is 5.91 Å². The summed E-state index contributed by atoms with van der Waals surface area (Å²) in [5.74, 6) is -1.42. The molecule has 1 aromatic carbocycles. The van der Waals surface area contributed by atoms with Crippen LogP contribution < -0.4 is 4.74 Å². The molecule has 1 saturated heterocycles. The molecule has 1 heterocycles. The minimum atomic E-state index is -0.843. The number of carbonyl (C=O) groups is 2. The first-order valence-corrected chi connectivity index (χ1v) is 6.36. The van der Waals surface area contributed by atoms with Gasteiger partial charge in [-0.15, -0.1) is 0 Å². The monoisotopic (exact) mass is 281 g/mol. The lowest BCUT2D eigenvalue weighted by atomic mass is 9.87. The first-order valence-electron chi connectivity index (χ1n) is 6.36. The molecule has 0 aromatic heterocycles. The Morgan fingerprint density at radius 2 is 2.00 bits per heavy atom. The van der Waals surface area contributed by atoms with E-state index in [1.165, 1.54) is 24.3 Å². The summed E-state index contributed by atoms with van der Waals surface area (Å²) in [6.45, 7) is 2.40. The molecule has 1 aliphatic rings. The molecule has 2 rings (SSSR count). The van der Waals surface area contributed by atoms with Gasteiger partial charge < -0.3 is 14.7 Å². The molecule has 6 heteroatoms. The summed E-state index contributed by atoms with van der Waals surface area (Å²) in [6, 6.07) is 5.42. The number of aliphatic carboxylic acids is 1. The number of carbonyl (C=O) groups excluding carboxylic acids is 1. The Labute approximate surface area is 116 Å². The van der Waals surface area contributed by atoms with Crippen molar-refractivity contribution in [3.05, 3.63) is 30.1 Å². The number of halogens is 1. The predicted octanol–water partition coefficient (Wildman–Crippen LogP) is 1.38. The van der Waals surface area contributed by atoms with E-state index in [0.717, 1.165) is 0 Å². The zero-order chi connectivity index (χ0) is 14.7. The van der Waals surface area contributed by atoms with E-state index in [1.54, 1.807) is 11.8 Å². The van der Waals surface area contributed by atoms with Gasteiger partial charge in [0.15, 0.2) is 6.61 Å². The molecule has 5 nitrogen and oxygen atoms in total. The molecule has 1 unspecified atom stereocenters. The van der Waals surface area contributed by atoms with E-state index in [0.29, 0.717) is 18.8 Å². The Balaban J connectivity index is 1.75. The Kier molecular flexibility index (Phi) is 4.22. The van der Waals surface area contributed by atoms with Crippen LogP contribution in [-0.4, -0.2) is 41.6 Å². The number of rotatable bonds is 5. The number of nitrogens with zero attached hydrogens (tertiary/aromatic N) is 1. The van der Waals surface area contributed by atoms with Gasteiger partial charge in [-0.3, -0.25) is 9.59 Å². The smallest absolute Gasteiger partial charge is 0.306 e. The molecular formula is C14H16FNO4. The third-order valence-electron chi connectivity index (χ3n) is 3.54. The van der Waals surface area contributed by atoms with Crippen molar-refractivity contribution in [2.24, 2.45) is 11.8 Å². The van der Waals surface area contributed by atoms with Gasteiger partial charge in [0.1, 0.15) is 11.6 Å². The number of hydrogen-bond acceptors (Lipinski definition) is 3.